The first kappa shape index (κ1) is 13.5. The minimum atomic E-state index is -0.566. The zero-order chi connectivity index (χ0) is 14.0. The van der Waals surface area contributed by atoms with Crippen LogP contribution in [0.3, 0.4) is 0 Å². The number of H-pyrrole nitrogens is 1. The molecule has 0 saturated heterocycles. The Labute approximate surface area is 119 Å². The summed E-state index contributed by atoms with van der Waals surface area (Å²) in [5.74, 6) is 0.000754. The fourth-order valence-electron chi connectivity index (χ4n) is 1.26. The lowest BCUT2D eigenvalue weighted by atomic mass is 10.3. The molecule has 0 amide bonds. The Bertz CT molecular complexity index is 703. The summed E-state index contributed by atoms with van der Waals surface area (Å²) in [7, 11) is 0. The molecule has 0 fully saturated rings. The molecule has 2 aromatic rings. The third-order valence-corrected chi connectivity index (χ3v) is 3.24. The molecule has 1 N–H and O–H groups in total. The van der Waals surface area contributed by atoms with Crippen molar-refractivity contribution in [3.63, 3.8) is 0 Å². The molecule has 7 nitrogen and oxygen atoms in total. The van der Waals surface area contributed by atoms with E-state index in [2.05, 4.69) is 25.9 Å². The largest absolute Gasteiger partial charge is 0.436 e. The van der Waals surface area contributed by atoms with E-state index < -0.39 is 10.5 Å². The van der Waals surface area contributed by atoms with Gasteiger partial charge in [0.15, 0.2) is 10.8 Å². The SMILES string of the molecule is O=c1[nH]cnc(Oc2cccc([N+](=O)[O-])c2Br)c1Cl. The predicted molar refractivity (Wildman–Crippen MR) is 70.7 cm³/mol. The molecule has 0 saturated carbocycles. The lowest BCUT2D eigenvalue weighted by Crippen LogP contribution is -2.08. The van der Waals surface area contributed by atoms with E-state index in [0.717, 1.165) is 6.33 Å². The molecular weight excluding hydrogens is 341 g/mol. The third kappa shape index (κ3) is 2.74. The van der Waals surface area contributed by atoms with Crippen LogP contribution in [0.15, 0.2) is 33.8 Å². The van der Waals surface area contributed by atoms with E-state index in [0.29, 0.717) is 0 Å². The summed E-state index contributed by atoms with van der Waals surface area (Å²) in [5, 5.41) is 10.5. The van der Waals surface area contributed by atoms with Gasteiger partial charge in [0.2, 0.25) is 5.88 Å². The van der Waals surface area contributed by atoms with Crippen molar-refractivity contribution in [3.05, 3.63) is 54.5 Å². The second-order valence-corrected chi connectivity index (χ2v) is 4.47. The number of benzene rings is 1. The molecule has 0 spiro atoms. The predicted octanol–water partition coefficient (Wildman–Crippen LogP) is 2.89. The van der Waals surface area contributed by atoms with Crippen molar-refractivity contribution in [2.24, 2.45) is 0 Å². The molecule has 2 rings (SSSR count). The van der Waals surface area contributed by atoms with E-state index in [1.165, 1.54) is 18.2 Å². The summed E-state index contributed by atoms with van der Waals surface area (Å²) < 4.78 is 5.43. The molecule has 9 heteroatoms. The molecular formula is C10H5BrClN3O4. The number of hydrogen-bond acceptors (Lipinski definition) is 5. The van der Waals surface area contributed by atoms with E-state index in [-0.39, 0.29) is 26.8 Å². The van der Waals surface area contributed by atoms with Gasteiger partial charge in [-0.1, -0.05) is 17.7 Å². The van der Waals surface area contributed by atoms with Crippen LogP contribution in [0.2, 0.25) is 5.02 Å². The summed E-state index contributed by atoms with van der Waals surface area (Å²) >= 11 is 8.78. The number of nitro groups is 1. The monoisotopic (exact) mass is 345 g/mol. The third-order valence-electron chi connectivity index (χ3n) is 2.11. The normalized spacial score (nSPS) is 10.2. The quantitative estimate of drug-likeness (QED) is 0.680. The summed E-state index contributed by atoms with van der Waals surface area (Å²) in [6.07, 6.45) is 1.12. The number of halogens is 2. The molecule has 19 heavy (non-hydrogen) atoms. The highest BCUT2D eigenvalue weighted by Crippen LogP contribution is 2.36. The maximum atomic E-state index is 11.3. The smallest absolute Gasteiger partial charge is 0.287 e. The molecule has 1 aromatic heterocycles. The summed E-state index contributed by atoms with van der Waals surface area (Å²) in [6.45, 7) is 0. The molecule has 0 aliphatic rings. The van der Waals surface area contributed by atoms with Crippen LogP contribution < -0.4 is 10.3 Å². The first-order chi connectivity index (χ1) is 9.00. The van der Waals surface area contributed by atoms with Gasteiger partial charge in [0.05, 0.1) is 11.3 Å². The average Bonchev–Trinajstić information content (AvgIpc) is 2.37. The van der Waals surface area contributed by atoms with Gasteiger partial charge in [0.25, 0.3) is 11.2 Å². The van der Waals surface area contributed by atoms with Gasteiger partial charge in [0.1, 0.15) is 4.47 Å². The maximum Gasteiger partial charge on any atom is 0.287 e. The lowest BCUT2D eigenvalue weighted by molar-refractivity contribution is -0.385. The van der Waals surface area contributed by atoms with Gasteiger partial charge in [-0.2, -0.15) is 0 Å². The highest BCUT2D eigenvalue weighted by Gasteiger charge is 2.18. The Balaban J connectivity index is 2.44. The number of hydrogen-bond donors (Lipinski definition) is 1. The van der Waals surface area contributed by atoms with E-state index >= 15 is 0 Å². The highest BCUT2D eigenvalue weighted by atomic mass is 79.9. The Morgan fingerprint density at radius 2 is 2.21 bits per heavy atom. The molecule has 0 radical (unpaired) electrons. The van der Waals surface area contributed by atoms with Crippen molar-refractivity contribution in [2.75, 3.05) is 0 Å². The standard InChI is InChI=1S/C10H5BrClN3O4/c11-7-5(15(17)18)2-1-3-6(7)19-10-8(12)9(16)13-4-14-10/h1-4H,(H,13,14,16). The second kappa shape index (κ2) is 5.37. The van der Waals surface area contributed by atoms with Crippen molar-refractivity contribution in [1.82, 2.24) is 9.97 Å². The Hall–Kier alpha value is -1.93. The van der Waals surface area contributed by atoms with Crippen LogP contribution in [0.4, 0.5) is 5.69 Å². The fraction of sp³-hybridized carbons (Fsp3) is 0. The van der Waals surface area contributed by atoms with Crippen LogP contribution in [0.1, 0.15) is 0 Å². The molecule has 98 valence electrons. The van der Waals surface area contributed by atoms with Gasteiger partial charge in [0, 0.05) is 6.07 Å². The zero-order valence-electron chi connectivity index (χ0n) is 9.09. The average molecular weight is 347 g/mol. The van der Waals surface area contributed by atoms with Gasteiger partial charge < -0.3 is 9.72 Å². The number of ether oxygens (including phenoxy) is 1. The molecule has 0 bridgehead atoms. The Morgan fingerprint density at radius 1 is 1.47 bits per heavy atom. The van der Waals surface area contributed by atoms with Gasteiger partial charge in [-0.3, -0.25) is 14.9 Å². The van der Waals surface area contributed by atoms with Crippen LogP contribution in [0.25, 0.3) is 0 Å². The topological polar surface area (TPSA) is 98.1 Å². The molecule has 0 atom stereocenters. The van der Waals surface area contributed by atoms with Crippen molar-refractivity contribution in [1.29, 1.82) is 0 Å². The Kier molecular flexibility index (Phi) is 3.82. The number of rotatable bonds is 3. The number of aromatic nitrogens is 2. The molecule has 0 aliphatic heterocycles. The van der Waals surface area contributed by atoms with Gasteiger partial charge in [-0.05, 0) is 22.0 Å². The molecule has 1 aromatic carbocycles. The van der Waals surface area contributed by atoms with E-state index in [1.54, 1.807) is 0 Å². The summed E-state index contributed by atoms with van der Waals surface area (Å²) in [4.78, 5) is 27.5. The Morgan fingerprint density at radius 3 is 2.89 bits per heavy atom. The van der Waals surface area contributed by atoms with E-state index in [4.69, 9.17) is 16.3 Å². The maximum absolute atomic E-state index is 11.3. The van der Waals surface area contributed by atoms with E-state index in [9.17, 15) is 14.9 Å². The molecule has 0 aliphatic carbocycles. The minimum Gasteiger partial charge on any atom is -0.436 e. The van der Waals surface area contributed by atoms with Crippen LogP contribution in [0, 0.1) is 10.1 Å². The first-order valence-corrected chi connectivity index (χ1v) is 6.01. The van der Waals surface area contributed by atoms with Gasteiger partial charge in [-0.15, -0.1) is 0 Å². The number of nitrogens with zero attached hydrogens (tertiary/aromatic N) is 2. The fourth-order valence-corrected chi connectivity index (χ4v) is 1.89. The van der Waals surface area contributed by atoms with Crippen molar-refractivity contribution in [3.8, 4) is 11.6 Å². The van der Waals surface area contributed by atoms with Crippen LogP contribution in [-0.4, -0.2) is 14.9 Å². The van der Waals surface area contributed by atoms with Crippen LogP contribution >= 0.6 is 27.5 Å². The van der Waals surface area contributed by atoms with Gasteiger partial charge >= 0.3 is 0 Å². The summed E-state index contributed by atoms with van der Waals surface area (Å²) in [5.41, 5.74) is -0.730. The van der Waals surface area contributed by atoms with E-state index in [1.807, 2.05) is 0 Å². The molecule has 1 heterocycles. The first-order valence-electron chi connectivity index (χ1n) is 4.84. The van der Waals surface area contributed by atoms with Crippen molar-refractivity contribution >= 4 is 33.2 Å². The van der Waals surface area contributed by atoms with Crippen LogP contribution in [-0.2, 0) is 0 Å². The second-order valence-electron chi connectivity index (χ2n) is 3.30. The minimum absolute atomic E-state index is 0.133. The van der Waals surface area contributed by atoms with Gasteiger partial charge in [-0.25, -0.2) is 4.98 Å². The number of nitro benzene ring substituents is 1. The number of nitrogens with one attached hydrogen (secondary N) is 1. The van der Waals surface area contributed by atoms with Crippen molar-refractivity contribution in [2.45, 2.75) is 0 Å². The van der Waals surface area contributed by atoms with Crippen molar-refractivity contribution < 1.29 is 9.66 Å². The van der Waals surface area contributed by atoms with Crippen LogP contribution in [0.5, 0.6) is 11.6 Å². The number of aromatic amines is 1. The zero-order valence-corrected chi connectivity index (χ0v) is 11.4. The summed E-state index contributed by atoms with van der Waals surface area (Å²) in [6, 6.07) is 4.24. The highest BCUT2D eigenvalue weighted by molar-refractivity contribution is 9.10. The lowest BCUT2D eigenvalue weighted by Gasteiger charge is -2.07. The molecule has 0 unspecified atom stereocenters.